The fourth-order valence-corrected chi connectivity index (χ4v) is 7.29. The van der Waals surface area contributed by atoms with Crippen LogP contribution in [-0.4, -0.2) is 41.4 Å². The summed E-state index contributed by atoms with van der Waals surface area (Å²) in [6.07, 6.45) is 1.07. The number of rotatable bonds is 5. The Morgan fingerprint density at radius 3 is 1.80 bits per heavy atom. The second kappa shape index (κ2) is 9.17. The highest BCUT2D eigenvalue weighted by Crippen LogP contribution is 2.35. The van der Waals surface area contributed by atoms with Gasteiger partial charge in [0, 0.05) is 11.4 Å². The number of benzene rings is 2. The Balaban J connectivity index is 1.33. The van der Waals surface area contributed by atoms with E-state index in [1.54, 1.807) is 22.7 Å². The van der Waals surface area contributed by atoms with E-state index >= 15 is 0 Å². The van der Waals surface area contributed by atoms with Crippen molar-refractivity contribution in [2.24, 2.45) is 0 Å². The minimum absolute atomic E-state index is 0.797. The minimum Gasteiger partial charge on any atom is -0.317 e. The third kappa shape index (κ3) is 4.56. The van der Waals surface area contributed by atoms with Crippen LogP contribution in [0.2, 0.25) is 0 Å². The molecule has 8 heteroatoms. The Morgan fingerprint density at radius 1 is 0.743 bits per heavy atom. The molecule has 1 saturated heterocycles. The van der Waals surface area contributed by atoms with E-state index in [-0.39, 0.29) is 0 Å². The van der Waals surface area contributed by atoms with Gasteiger partial charge in [-0.3, -0.25) is 4.90 Å². The number of thiophene rings is 1. The molecule has 1 fully saturated rings. The van der Waals surface area contributed by atoms with E-state index in [0.29, 0.717) is 0 Å². The Bertz CT molecular complexity index is 1330. The van der Waals surface area contributed by atoms with Crippen molar-refractivity contribution in [3.8, 4) is 0 Å². The number of aromatic nitrogens is 2. The molecule has 0 radical (unpaired) electrons. The Morgan fingerprint density at radius 2 is 1.29 bits per heavy atom. The molecule has 0 N–H and O–H groups in total. The van der Waals surface area contributed by atoms with Crippen molar-refractivity contribution in [1.29, 1.82) is 0 Å². The van der Waals surface area contributed by atoms with Crippen molar-refractivity contribution in [3.05, 3.63) is 68.9 Å². The van der Waals surface area contributed by atoms with Gasteiger partial charge in [-0.1, -0.05) is 28.7 Å². The molecule has 5 aromatic rings. The van der Waals surface area contributed by atoms with Crippen molar-refractivity contribution in [2.75, 3.05) is 36.4 Å². The maximum Gasteiger partial charge on any atom is 0.188 e. The molecular weight excluding hydrogens is 491 g/mol. The first kappa shape index (κ1) is 22.9. The van der Waals surface area contributed by atoms with E-state index in [2.05, 4.69) is 84.2 Å². The lowest BCUT2D eigenvalue weighted by Crippen LogP contribution is -2.55. The second-order valence-electron chi connectivity index (χ2n) is 9.53. The molecule has 0 aliphatic carbocycles. The molecule has 0 amide bonds. The Kier molecular flexibility index (Phi) is 6.00. The quantitative estimate of drug-likeness (QED) is 0.251. The van der Waals surface area contributed by atoms with Crippen molar-refractivity contribution >= 4 is 64.7 Å². The van der Waals surface area contributed by atoms with E-state index < -0.39 is 0 Å². The number of nitrogens with zero attached hydrogens (tertiary/aromatic N) is 5. The first-order chi connectivity index (χ1) is 16.9. The molecule has 4 heterocycles. The van der Waals surface area contributed by atoms with Gasteiger partial charge in [-0.15, -0.1) is 11.3 Å². The SMILES string of the molecule is Cc1cc2nc(N3CN(CCc4cccs4)CN(c4nc5cc(C)c(C)cc5s4)C3)sc2cc1C. The molecule has 0 saturated carbocycles. The van der Waals surface area contributed by atoms with Crippen LogP contribution in [0.5, 0.6) is 0 Å². The van der Waals surface area contributed by atoms with Gasteiger partial charge >= 0.3 is 0 Å². The normalized spacial score (nSPS) is 15.1. The van der Waals surface area contributed by atoms with Crippen LogP contribution >= 0.6 is 34.0 Å². The maximum atomic E-state index is 5.05. The van der Waals surface area contributed by atoms with E-state index in [1.807, 2.05) is 11.3 Å². The Labute approximate surface area is 218 Å². The van der Waals surface area contributed by atoms with Crippen molar-refractivity contribution < 1.29 is 0 Å². The van der Waals surface area contributed by atoms with Gasteiger partial charge in [-0.25, -0.2) is 9.97 Å². The number of hydrogen-bond acceptors (Lipinski definition) is 8. The van der Waals surface area contributed by atoms with Gasteiger partial charge in [0.2, 0.25) is 0 Å². The van der Waals surface area contributed by atoms with Gasteiger partial charge in [0.15, 0.2) is 10.3 Å². The summed E-state index contributed by atoms with van der Waals surface area (Å²) < 4.78 is 2.52. The van der Waals surface area contributed by atoms with Crippen LogP contribution < -0.4 is 9.80 Å². The summed E-state index contributed by atoms with van der Waals surface area (Å²) in [4.78, 5) is 18.9. The van der Waals surface area contributed by atoms with Gasteiger partial charge in [-0.05, 0) is 92.1 Å². The zero-order valence-electron chi connectivity index (χ0n) is 20.5. The third-order valence-electron chi connectivity index (χ3n) is 6.86. The van der Waals surface area contributed by atoms with Gasteiger partial charge in [0.25, 0.3) is 0 Å². The summed E-state index contributed by atoms with van der Waals surface area (Å²) in [6.45, 7) is 12.3. The highest BCUT2D eigenvalue weighted by molar-refractivity contribution is 7.22. The predicted molar refractivity (Wildman–Crippen MR) is 152 cm³/mol. The maximum absolute atomic E-state index is 5.05. The summed E-state index contributed by atoms with van der Waals surface area (Å²) >= 11 is 5.44. The molecule has 2 aromatic carbocycles. The van der Waals surface area contributed by atoms with Crippen LogP contribution in [0.3, 0.4) is 0 Å². The van der Waals surface area contributed by atoms with Crippen LogP contribution in [0.1, 0.15) is 27.1 Å². The standard InChI is InChI=1S/C27H29N5S3/c1-17-10-22-24(12-19(17)3)34-26(28-22)31-14-30(8-7-21-6-5-9-33-21)15-32(16-31)27-29-23-11-18(2)20(4)13-25(23)35-27/h5-6,9-13H,7-8,14-16H2,1-4H3. The van der Waals surface area contributed by atoms with E-state index in [9.17, 15) is 0 Å². The summed E-state index contributed by atoms with van der Waals surface area (Å²) in [5.74, 6) is 0. The van der Waals surface area contributed by atoms with Crippen molar-refractivity contribution in [3.63, 3.8) is 0 Å². The van der Waals surface area contributed by atoms with E-state index in [0.717, 1.165) is 54.3 Å². The molecule has 0 atom stereocenters. The average Bonchev–Trinajstić information content (AvgIpc) is 3.58. The zero-order valence-corrected chi connectivity index (χ0v) is 23.0. The minimum atomic E-state index is 0.797. The number of anilines is 2. The highest BCUT2D eigenvalue weighted by atomic mass is 32.1. The van der Waals surface area contributed by atoms with Gasteiger partial charge in [0.1, 0.15) is 0 Å². The fourth-order valence-electron chi connectivity index (χ4n) is 4.54. The molecule has 180 valence electrons. The third-order valence-corrected chi connectivity index (χ3v) is 9.96. The topological polar surface area (TPSA) is 35.5 Å². The first-order valence-electron chi connectivity index (χ1n) is 11.9. The average molecular weight is 520 g/mol. The predicted octanol–water partition coefficient (Wildman–Crippen LogP) is 6.94. The molecule has 1 aliphatic rings. The Hall–Kier alpha value is -2.52. The first-order valence-corrected chi connectivity index (χ1v) is 14.4. The molecule has 1 aliphatic heterocycles. The lowest BCUT2D eigenvalue weighted by Gasteiger charge is -2.42. The number of hydrogen-bond donors (Lipinski definition) is 0. The van der Waals surface area contributed by atoms with Crippen molar-refractivity contribution in [2.45, 2.75) is 34.1 Å². The van der Waals surface area contributed by atoms with E-state index in [4.69, 9.17) is 9.97 Å². The number of aryl methyl sites for hydroxylation is 4. The van der Waals surface area contributed by atoms with Gasteiger partial charge in [-0.2, -0.15) is 0 Å². The lowest BCUT2D eigenvalue weighted by atomic mass is 10.1. The van der Waals surface area contributed by atoms with Gasteiger partial charge < -0.3 is 9.80 Å². The molecule has 3 aromatic heterocycles. The van der Waals surface area contributed by atoms with Crippen LogP contribution in [0, 0.1) is 27.7 Å². The molecule has 0 spiro atoms. The molecule has 0 bridgehead atoms. The zero-order chi connectivity index (χ0) is 24.1. The summed E-state index contributed by atoms with van der Waals surface area (Å²) in [5.41, 5.74) is 7.44. The second-order valence-corrected chi connectivity index (χ2v) is 12.6. The molecule has 6 rings (SSSR count). The van der Waals surface area contributed by atoms with Crippen LogP contribution in [0.15, 0.2) is 41.8 Å². The van der Waals surface area contributed by atoms with E-state index in [1.165, 1.54) is 36.5 Å². The smallest absolute Gasteiger partial charge is 0.188 e. The van der Waals surface area contributed by atoms with Gasteiger partial charge in [0.05, 0.1) is 40.4 Å². The molecule has 0 unspecified atom stereocenters. The number of fused-ring (bicyclic) bond motifs is 2. The largest absolute Gasteiger partial charge is 0.317 e. The summed E-state index contributed by atoms with van der Waals surface area (Å²) in [5, 5.41) is 4.34. The fraction of sp³-hybridized carbons (Fsp3) is 0.333. The molecule has 35 heavy (non-hydrogen) atoms. The molecular formula is C27H29N5S3. The number of thiazole rings is 2. The monoisotopic (exact) mass is 519 g/mol. The molecule has 5 nitrogen and oxygen atoms in total. The summed E-state index contributed by atoms with van der Waals surface area (Å²) in [6, 6.07) is 13.4. The summed E-state index contributed by atoms with van der Waals surface area (Å²) in [7, 11) is 0. The lowest BCUT2D eigenvalue weighted by molar-refractivity contribution is 0.245. The highest BCUT2D eigenvalue weighted by Gasteiger charge is 2.28. The van der Waals surface area contributed by atoms with Crippen LogP contribution in [0.4, 0.5) is 10.3 Å². The van der Waals surface area contributed by atoms with Crippen LogP contribution in [-0.2, 0) is 6.42 Å². The van der Waals surface area contributed by atoms with Crippen LogP contribution in [0.25, 0.3) is 20.4 Å². The van der Waals surface area contributed by atoms with Crippen molar-refractivity contribution in [1.82, 2.24) is 14.9 Å².